The van der Waals surface area contributed by atoms with E-state index >= 15 is 0 Å². The van der Waals surface area contributed by atoms with E-state index in [1.165, 1.54) is 4.90 Å². The van der Waals surface area contributed by atoms with Crippen LogP contribution < -0.4 is 10.1 Å². The number of nitrogens with one attached hydrogen (secondary N) is 1. The highest BCUT2D eigenvalue weighted by Crippen LogP contribution is 2.30. The molecule has 1 heterocycles. The molecule has 1 N–H and O–H groups in total. The summed E-state index contributed by atoms with van der Waals surface area (Å²) in [5.74, 6) is 0.350. The third kappa shape index (κ3) is 3.84. The number of hydrogen-bond acceptors (Lipinski definition) is 5. The molecule has 0 saturated heterocycles. The van der Waals surface area contributed by atoms with Gasteiger partial charge in [-0.25, -0.2) is 0 Å². The van der Waals surface area contributed by atoms with Crippen molar-refractivity contribution in [1.82, 2.24) is 10.2 Å². The van der Waals surface area contributed by atoms with Crippen LogP contribution in [-0.4, -0.2) is 55.8 Å². The van der Waals surface area contributed by atoms with Crippen LogP contribution in [0.15, 0.2) is 29.4 Å². The largest absolute Gasteiger partial charge is 0.496 e. The molecule has 1 aromatic carbocycles. The summed E-state index contributed by atoms with van der Waals surface area (Å²) in [7, 11) is 4.95. The van der Waals surface area contributed by atoms with E-state index in [9.17, 15) is 9.59 Å². The molecule has 1 aliphatic heterocycles. The molecule has 2 rings (SSSR count). The number of rotatable bonds is 6. The van der Waals surface area contributed by atoms with Crippen molar-refractivity contribution in [3.05, 3.63) is 29.8 Å². The zero-order valence-corrected chi connectivity index (χ0v) is 14.5. The summed E-state index contributed by atoms with van der Waals surface area (Å²) in [6, 6.07) is 7.45. The van der Waals surface area contributed by atoms with Gasteiger partial charge in [0.25, 0.3) is 5.91 Å². The Labute approximate surface area is 141 Å². The third-order valence-electron chi connectivity index (χ3n) is 3.88. The highest BCUT2D eigenvalue weighted by atomic mass is 16.7. The molecule has 7 heteroatoms. The normalized spacial score (nSPS) is 19.2. The Morgan fingerprint density at radius 2 is 2.08 bits per heavy atom. The molecule has 7 nitrogen and oxygen atoms in total. The number of ether oxygens (including phenoxy) is 1. The zero-order chi connectivity index (χ0) is 17.7. The SMILES string of the molecule is COc1ccccc1C1=NO[C@@](C)(C(=O)NCCC(=O)N(C)C)C1. The van der Waals surface area contributed by atoms with Gasteiger partial charge in [0, 0.05) is 39.0 Å². The van der Waals surface area contributed by atoms with Crippen molar-refractivity contribution in [2.24, 2.45) is 5.16 Å². The average Bonchev–Trinajstić information content (AvgIpc) is 2.98. The number of benzene rings is 1. The van der Waals surface area contributed by atoms with E-state index in [0.29, 0.717) is 17.9 Å². The number of hydrogen-bond donors (Lipinski definition) is 1. The fourth-order valence-corrected chi connectivity index (χ4v) is 2.38. The molecule has 0 unspecified atom stereocenters. The van der Waals surface area contributed by atoms with E-state index < -0.39 is 5.60 Å². The van der Waals surface area contributed by atoms with Gasteiger partial charge < -0.3 is 19.8 Å². The first kappa shape index (κ1) is 17.8. The van der Waals surface area contributed by atoms with Crippen molar-refractivity contribution in [1.29, 1.82) is 0 Å². The molecule has 24 heavy (non-hydrogen) atoms. The van der Waals surface area contributed by atoms with Gasteiger partial charge in [-0.3, -0.25) is 9.59 Å². The highest BCUT2D eigenvalue weighted by Gasteiger charge is 2.42. The number of oxime groups is 1. The summed E-state index contributed by atoms with van der Waals surface area (Å²) in [6.45, 7) is 1.95. The maximum Gasteiger partial charge on any atom is 0.267 e. The first-order chi connectivity index (χ1) is 11.4. The van der Waals surface area contributed by atoms with Crippen molar-refractivity contribution < 1.29 is 19.2 Å². The van der Waals surface area contributed by atoms with Crippen LogP contribution in [0.1, 0.15) is 25.3 Å². The summed E-state index contributed by atoms with van der Waals surface area (Å²) < 4.78 is 5.32. The van der Waals surface area contributed by atoms with Crippen molar-refractivity contribution in [3.63, 3.8) is 0 Å². The van der Waals surface area contributed by atoms with E-state index in [1.807, 2.05) is 24.3 Å². The van der Waals surface area contributed by atoms with Gasteiger partial charge in [-0.05, 0) is 19.1 Å². The fraction of sp³-hybridized carbons (Fsp3) is 0.471. The topological polar surface area (TPSA) is 80.2 Å². The quantitative estimate of drug-likeness (QED) is 0.847. The minimum absolute atomic E-state index is 0.0428. The molecular formula is C17H23N3O4. The summed E-state index contributed by atoms with van der Waals surface area (Å²) >= 11 is 0. The Hall–Kier alpha value is -2.57. The molecule has 1 atom stereocenters. The van der Waals surface area contributed by atoms with Gasteiger partial charge in [0.1, 0.15) is 5.75 Å². The number of nitrogens with zero attached hydrogens (tertiary/aromatic N) is 2. The molecular weight excluding hydrogens is 310 g/mol. The molecule has 1 aromatic rings. The first-order valence-electron chi connectivity index (χ1n) is 7.74. The smallest absolute Gasteiger partial charge is 0.267 e. The highest BCUT2D eigenvalue weighted by molar-refractivity contribution is 6.07. The fourth-order valence-electron chi connectivity index (χ4n) is 2.38. The second-order valence-electron chi connectivity index (χ2n) is 6.03. The molecule has 2 amide bonds. The van der Waals surface area contributed by atoms with Gasteiger partial charge in [-0.15, -0.1) is 0 Å². The number of amides is 2. The van der Waals surface area contributed by atoms with Crippen LogP contribution >= 0.6 is 0 Å². The minimum atomic E-state index is -1.09. The lowest BCUT2D eigenvalue weighted by atomic mass is 9.94. The van der Waals surface area contributed by atoms with E-state index in [1.54, 1.807) is 28.1 Å². The van der Waals surface area contributed by atoms with Crippen molar-refractivity contribution in [2.45, 2.75) is 25.4 Å². The standard InChI is InChI=1S/C17H23N3O4/c1-17(16(22)18-10-9-15(21)20(2)3)11-13(19-24-17)12-7-5-6-8-14(12)23-4/h5-8H,9-11H2,1-4H3,(H,18,22)/t17-/m1/s1. The number of carbonyl (C=O) groups excluding carboxylic acids is 2. The lowest BCUT2D eigenvalue weighted by Crippen LogP contribution is -2.45. The van der Waals surface area contributed by atoms with Crippen molar-refractivity contribution in [2.75, 3.05) is 27.7 Å². The predicted molar refractivity (Wildman–Crippen MR) is 90.0 cm³/mol. The van der Waals surface area contributed by atoms with Crippen LogP contribution in [-0.2, 0) is 14.4 Å². The molecule has 0 radical (unpaired) electrons. The molecule has 0 bridgehead atoms. The van der Waals surface area contributed by atoms with Crippen LogP contribution in [0.3, 0.4) is 0 Å². The number of carbonyl (C=O) groups is 2. The van der Waals surface area contributed by atoms with Crippen LogP contribution in [0.5, 0.6) is 5.75 Å². The minimum Gasteiger partial charge on any atom is -0.496 e. The Kier molecular flexibility index (Phi) is 5.43. The van der Waals surface area contributed by atoms with Gasteiger partial charge >= 0.3 is 0 Å². The van der Waals surface area contributed by atoms with Crippen molar-refractivity contribution in [3.8, 4) is 5.75 Å². The van der Waals surface area contributed by atoms with Gasteiger partial charge in [-0.1, -0.05) is 17.3 Å². The second kappa shape index (κ2) is 7.33. The molecule has 0 saturated carbocycles. The van der Waals surface area contributed by atoms with Crippen LogP contribution in [0, 0.1) is 0 Å². The maximum atomic E-state index is 12.4. The molecule has 0 spiro atoms. The Morgan fingerprint density at radius 1 is 1.38 bits per heavy atom. The lowest BCUT2D eigenvalue weighted by molar-refractivity contribution is -0.141. The Balaban J connectivity index is 1.96. The Bertz CT molecular complexity index is 657. The van der Waals surface area contributed by atoms with Crippen LogP contribution in [0.2, 0.25) is 0 Å². The number of para-hydroxylation sites is 1. The van der Waals surface area contributed by atoms with Crippen LogP contribution in [0.4, 0.5) is 0 Å². The maximum absolute atomic E-state index is 12.4. The first-order valence-corrected chi connectivity index (χ1v) is 7.74. The summed E-state index contributed by atoms with van der Waals surface area (Å²) in [6.07, 6.45) is 0.579. The van der Waals surface area contributed by atoms with Crippen LogP contribution in [0.25, 0.3) is 0 Å². The van der Waals surface area contributed by atoms with Gasteiger partial charge in [0.2, 0.25) is 11.5 Å². The summed E-state index contributed by atoms with van der Waals surface area (Å²) in [4.78, 5) is 30.8. The van der Waals surface area contributed by atoms with Gasteiger partial charge in [0.05, 0.1) is 12.8 Å². The number of methoxy groups -OCH3 is 1. The van der Waals surface area contributed by atoms with Gasteiger partial charge in [-0.2, -0.15) is 0 Å². The van der Waals surface area contributed by atoms with E-state index in [4.69, 9.17) is 9.57 Å². The molecule has 1 aliphatic rings. The van der Waals surface area contributed by atoms with E-state index in [2.05, 4.69) is 10.5 Å². The average molecular weight is 333 g/mol. The molecule has 0 fully saturated rings. The van der Waals surface area contributed by atoms with Gasteiger partial charge in [0.15, 0.2) is 0 Å². The third-order valence-corrected chi connectivity index (χ3v) is 3.88. The zero-order valence-electron chi connectivity index (χ0n) is 14.5. The lowest BCUT2D eigenvalue weighted by Gasteiger charge is -2.20. The molecule has 0 aliphatic carbocycles. The second-order valence-corrected chi connectivity index (χ2v) is 6.03. The summed E-state index contributed by atoms with van der Waals surface area (Å²) in [5, 5.41) is 6.80. The monoisotopic (exact) mass is 333 g/mol. The van der Waals surface area contributed by atoms with E-state index in [0.717, 1.165) is 5.56 Å². The summed E-state index contributed by atoms with van der Waals surface area (Å²) in [5.41, 5.74) is 0.380. The van der Waals surface area contributed by atoms with Crippen molar-refractivity contribution >= 4 is 17.5 Å². The molecule has 0 aromatic heterocycles. The Morgan fingerprint density at radius 3 is 2.75 bits per heavy atom. The predicted octanol–water partition coefficient (Wildman–Crippen LogP) is 1.17. The molecule has 130 valence electrons. The van der Waals surface area contributed by atoms with E-state index in [-0.39, 0.29) is 24.8 Å².